The molecule has 5 heteroatoms. The summed E-state index contributed by atoms with van der Waals surface area (Å²) in [4.78, 5) is 9.40. The number of pyridine rings is 2. The molecule has 0 aliphatic rings. The molecule has 0 aliphatic carbocycles. The number of furan rings is 1. The summed E-state index contributed by atoms with van der Waals surface area (Å²) in [6, 6.07) is 78.2. The molecule has 4 heterocycles. The van der Waals surface area contributed by atoms with E-state index in [1.165, 1.54) is 68.1 Å². The van der Waals surface area contributed by atoms with Crippen molar-refractivity contribution in [3.8, 4) is 72.7 Å². The zero-order valence-electron chi connectivity index (χ0n) is 55.7. The van der Waals surface area contributed by atoms with Crippen molar-refractivity contribution in [2.45, 2.75) is 72.6 Å². The van der Waals surface area contributed by atoms with Crippen LogP contribution in [0, 0.1) is 13.8 Å². The van der Waals surface area contributed by atoms with Gasteiger partial charge in [0.25, 0.3) is 0 Å². The zero-order valence-corrected chi connectivity index (χ0v) is 55.7. The first-order valence-electron chi connectivity index (χ1n) is 33.5. The summed E-state index contributed by atoms with van der Waals surface area (Å²) >= 11 is 0. The number of benzene rings is 9. The van der Waals surface area contributed by atoms with Crippen LogP contribution in [0.4, 0.5) is 0 Å². The van der Waals surface area contributed by atoms with Crippen molar-refractivity contribution in [1.29, 1.82) is 0 Å². The second-order valence-corrected chi connectivity index (χ2v) is 24.9. The van der Waals surface area contributed by atoms with E-state index in [-0.39, 0.29) is 0 Å². The molecule has 2 N–H and O–H groups in total. The van der Waals surface area contributed by atoms with E-state index in [4.69, 9.17) is 20.1 Å². The van der Waals surface area contributed by atoms with Gasteiger partial charge < -0.3 is 14.7 Å². The maximum atomic E-state index is 6.26. The lowest BCUT2D eigenvalue weighted by Crippen LogP contribution is -1.97. The van der Waals surface area contributed by atoms with Gasteiger partial charge in [-0.15, -0.1) is 0 Å². The van der Waals surface area contributed by atoms with E-state index in [0.29, 0.717) is 5.92 Å². The van der Waals surface area contributed by atoms with Gasteiger partial charge in [0.15, 0.2) is 0 Å². The Morgan fingerprint density at radius 1 is 0.500 bits per heavy atom. The number of hydrogen-bond acceptors (Lipinski definition) is 4. The largest absolute Gasteiger partial charge is 0.456 e. The Labute approximate surface area is 566 Å². The Bertz CT molecular complexity index is 5000. The standard InChI is InChI=1S/C47H31N3O.C44H51N/c1-30-16-22-46-40(26-30)41-29-33(19-23-47(41)51-46)50-44-20-17-31(34-10-2-4-12-36(34)42-14-6-8-24-48-42)27-38(44)39-28-32(18-21-45(39)50)35-11-3-5-13-37(35)43-15-7-9-25-49-43;1-7-8-9-10-11-14-21-35(4)22-15-12-16-23-36(5)39-28-27-37(6)43(32-39)44-33-40(29-30-41(44)34(2)3)42-26-19-18-25-38(42)24-17-13-20-31-45/h2-29H,1H3;10-21,23,25-34H,4-5,7-9,22,24,45H2,1-3,6H3/b;11-10-,15-12-,17-13-,21-14-,23-16-,31-20-. The fraction of sp³-hybridized carbons (Fsp3) is 0.121. The van der Waals surface area contributed by atoms with Gasteiger partial charge in [-0.2, -0.15) is 0 Å². The molecule has 5 nitrogen and oxygen atoms in total. The molecule has 0 saturated carbocycles. The van der Waals surface area contributed by atoms with E-state index in [1.807, 2.05) is 48.8 Å². The number of aromatic nitrogens is 3. The monoisotopic (exact) mass is 1250 g/mol. The molecular weight excluding hydrogens is 1170 g/mol. The van der Waals surface area contributed by atoms with E-state index >= 15 is 0 Å². The molecule has 96 heavy (non-hydrogen) atoms. The van der Waals surface area contributed by atoms with Crippen molar-refractivity contribution in [1.82, 2.24) is 14.5 Å². The highest BCUT2D eigenvalue weighted by Gasteiger charge is 2.20. The summed E-state index contributed by atoms with van der Waals surface area (Å²) in [7, 11) is 0. The highest BCUT2D eigenvalue weighted by molar-refractivity contribution is 6.13. The molecule has 0 spiro atoms. The van der Waals surface area contributed by atoms with E-state index in [2.05, 4.69) is 301 Å². The number of nitrogens with two attached hydrogens (primary N) is 1. The predicted octanol–water partition coefficient (Wildman–Crippen LogP) is 24.8. The van der Waals surface area contributed by atoms with Crippen molar-refractivity contribution in [2.24, 2.45) is 5.73 Å². The highest BCUT2D eigenvalue weighted by atomic mass is 16.3. The third kappa shape index (κ3) is 14.7. The van der Waals surface area contributed by atoms with Crippen LogP contribution < -0.4 is 5.73 Å². The van der Waals surface area contributed by atoms with Crippen molar-refractivity contribution in [3.63, 3.8) is 0 Å². The fourth-order valence-corrected chi connectivity index (χ4v) is 12.8. The van der Waals surface area contributed by atoms with E-state index < -0.39 is 0 Å². The Morgan fingerprint density at radius 2 is 1.08 bits per heavy atom. The molecule has 472 valence electrons. The summed E-state index contributed by atoms with van der Waals surface area (Å²) in [5.41, 5.74) is 32.7. The zero-order chi connectivity index (χ0) is 66.3. The van der Waals surface area contributed by atoms with Crippen LogP contribution in [0.15, 0.2) is 327 Å². The van der Waals surface area contributed by atoms with Crippen LogP contribution >= 0.6 is 0 Å². The lowest BCUT2D eigenvalue weighted by molar-refractivity contribution is 0.669. The predicted molar refractivity (Wildman–Crippen MR) is 411 cm³/mol. The normalized spacial score (nSPS) is 12.0. The number of nitrogens with zero attached hydrogens (tertiary/aromatic N) is 3. The topological polar surface area (TPSA) is 69.9 Å². The van der Waals surface area contributed by atoms with Crippen LogP contribution in [0.2, 0.25) is 0 Å². The Kier molecular flexibility index (Phi) is 20.6. The van der Waals surface area contributed by atoms with Crippen molar-refractivity contribution < 1.29 is 4.42 Å². The van der Waals surface area contributed by atoms with Crippen LogP contribution in [-0.2, 0) is 6.42 Å². The summed E-state index contributed by atoms with van der Waals surface area (Å²) in [5, 5.41) is 4.62. The van der Waals surface area contributed by atoms with Gasteiger partial charge in [0.1, 0.15) is 11.2 Å². The smallest absolute Gasteiger partial charge is 0.135 e. The third-order valence-electron chi connectivity index (χ3n) is 17.8. The second kappa shape index (κ2) is 30.6. The van der Waals surface area contributed by atoms with Crippen molar-refractivity contribution in [3.05, 3.63) is 350 Å². The summed E-state index contributed by atoms with van der Waals surface area (Å²) < 4.78 is 8.65. The molecule has 13 aromatic rings. The van der Waals surface area contributed by atoms with Crippen LogP contribution in [0.1, 0.15) is 80.2 Å². The molecule has 0 atom stereocenters. The molecular formula is C91H82N4O. The Morgan fingerprint density at radius 3 is 1.73 bits per heavy atom. The van der Waals surface area contributed by atoms with Gasteiger partial charge in [0.05, 0.1) is 22.4 Å². The summed E-state index contributed by atoms with van der Waals surface area (Å²) in [5.74, 6) is 0.397. The van der Waals surface area contributed by atoms with Gasteiger partial charge in [-0.3, -0.25) is 9.97 Å². The minimum absolute atomic E-state index is 0.397. The van der Waals surface area contributed by atoms with Gasteiger partial charge in [-0.25, -0.2) is 0 Å². The lowest BCUT2D eigenvalue weighted by Gasteiger charge is -2.19. The van der Waals surface area contributed by atoms with Crippen LogP contribution in [0.5, 0.6) is 0 Å². The maximum Gasteiger partial charge on any atom is 0.135 e. The van der Waals surface area contributed by atoms with E-state index in [0.717, 1.165) is 119 Å². The minimum Gasteiger partial charge on any atom is -0.456 e. The average Bonchev–Trinajstić information content (AvgIpc) is 1.57. The molecule has 0 bridgehead atoms. The number of allylic oxidation sites excluding steroid dienone is 13. The molecule has 0 saturated heterocycles. The van der Waals surface area contributed by atoms with Gasteiger partial charge in [0.2, 0.25) is 0 Å². The first kappa shape index (κ1) is 64.7. The molecule has 0 fully saturated rings. The van der Waals surface area contributed by atoms with Crippen LogP contribution in [0.3, 0.4) is 0 Å². The minimum atomic E-state index is 0.397. The molecule has 0 amide bonds. The quantitative estimate of drug-likeness (QED) is 0.0575. The first-order valence-corrected chi connectivity index (χ1v) is 33.5. The van der Waals surface area contributed by atoms with Crippen LogP contribution in [-0.4, -0.2) is 14.5 Å². The first-order chi connectivity index (χ1) is 47.0. The lowest BCUT2D eigenvalue weighted by atomic mass is 9.86. The van der Waals surface area contributed by atoms with Crippen molar-refractivity contribution in [2.75, 3.05) is 0 Å². The number of aryl methyl sites for hydroxylation is 2. The van der Waals surface area contributed by atoms with Crippen molar-refractivity contribution >= 4 is 49.3 Å². The molecule has 0 aliphatic heterocycles. The van der Waals surface area contributed by atoms with Gasteiger partial charge in [0, 0.05) is 50.8 Å². The number of fused-ring (bicyclic) bond motifs is 6. The van der Waals surface area contributed by atoms with Gasteiger partial charge in [-0.05, 0) is 215 Å². The Hall–Kier alpha value is -11.4. The Balaban J connectivity index is 0.000000186. The molecule has 0 unspecified atom stereocenters. The number of rotatable bonds is 21. The average molecular weight is 1250 g/mol. The summed E-state index contributed by atoms with van der Waals surface area (Å²) in [6.07, 6.45) is 33.4. The molecule has 13 rings (SSSR count). The number of hydrogen-bond donors (Lipinski definition) is 1. The number of unbranched alkanes of at least 4 members (excludes halogenated alkanes) is 2. The molecule has 4 aromatic heterocycles. The fourth-order valence-electron chi connectivity index (χ4n) is 12.8. The van der Waals surface area contributed by atoms with E-state index in [9.17, 15) is 0 Å². The van der Waals surface area contributed by atoms with Crippen LogP contribution in [0.25, 0.3) is 122 Å². The molecule has 0 radical (unpaired) electrons. The van der Waals surface area contributed by atoms with Gasteiger partial charge in [-0.1, -0.05) is 246 Å². The van der Waals surface area contributed by atoms with E-state index in [1.54, 1.807) is 6.20 Å². The van der Waals surface area contributed by atoms with Gasteiger partial charge >= 0.3 is 0 Å². The summed E-state index contributed by atoms with van der Waals surface area (Å²) in [6.45, 7) is 19.6. The molecule has 9 aromatic carbocycles. The highest BCUT2D eigenvalue weighted by Crippen LogP contribution is 2.43. The second-order valence-electron chi connectivity index (χ2n) is 24.9. The maximum absolute atomic E-state index is 6.26. The SMILES string of the molecule is C=C(/C=C\C=C/CCCC)C/C=C\C=C/C(=C)c1ccc(C)c(-c2cc(-c3ccccc3C/C=C\C=C/N)ccc2C(C)C)c1.Cc1ccc2oc3ccc(-n4c5ccc(-c6ccccc6-c6ccccn6)cc5c5cc(-c6ccccc6-c6ccccn6)ccc54)cc3c2c1. The third-order valence-corrected chi connectivity index (χ3v) is 17.8.